The molecule has 0 saturated carbocycles. The van der Waals surface area contributed by atoms with E-state index < -0.39 is 11.8 Å². The van der Waals surface area contributed by atoms with Crippen LogP contribution in [0.1, 0.15) is 21.5 Å². The molecule has 0 aromatic heterocycles. The molecule has 1 heterocycles. The summed E-state index contributed by atoms with van der Waals surface area (Å²) in [7, 11) is 0. The zero-order valence-corrected chi connectivity index (χ0v) is 13.4. The smallest absolute Gasteiger partial charge is 0.342 e. The van der Waals surface area contributed by atoms with Gasteiger partial charge in [-0.2, -0.15) is 0 Å². The van der Waals surface area contributed by atoms with Crippen molar-refractivity contribution in [2.24, 2.45) is 0 Å². The molecule has 3 nitrogen and oxygen atoms in total. The number of esters is 1. The summed E-state index contributed by atoms with van der Waals surface area (Å²) in [5, 5.41) is 0.603. The van der Waals surface area contributed by atoms with Crippen molar-refractivity contribution in [3.05, 3.63) is 101 Å². The summed E-state index contributed by atoms with van der Waals surface area (Å²) in [5.74, 6) is -1.12. The van der Waals surface area contributed by atoms with E-state index >= 15 is 0 Å². The van der Waals surface area contributed by atoms with E-state index in [-0.39, 0.29) is 0 Å². The van der Waals surface area contributed by atoms with Crippen LogP contribution in [0.5, 0.6) is 5.75 Å². The molecule has 0 spiro atoms. The van der Waals surface area contributed by atoms with Gasteiger partial charge in [0.05, 0.1) is 11.1 Å². The van der Waals surface area contributed by atoms with E-state index in [1.807, 2.05) is 42.5 Å². The van der Waals surface area contributed by atoms with E-state index in [2.05, 4.69) is 0 Å². The molecule has 0 unspecified atom stereocenters. The largest absolute Gasteiger partial charge is 0.444 e. The third kappa shape index (κ3) is 2.34. The highest BCUT2D eigenvalue weighted by Gasteiger charge is 2.49. The van der Waals surface area contributed by atoms with Crippen LogP contribution in [-0.2, 0) is 10.5 Å². The van der Waals surface area contributed by atoms with Crippen LogP contribution in [0, 0.1) is 0 Å². The lowest BCUT2D eigenvalue weighted by Crippen LogP contribution is -2.34. The zero-order chi connectivity index (χ0) is 16.6. The van der Waals surface area contributed by atoms with Gasteiger partial charge in [0.2, 0.25) is 0 Å². The molecular formula is C20H13ClO3. The number of carbonyl (C=O) groups is 1. The Hall–Kier alpha value is -2.78. The second-order valence-corrected chi connectivity index (χ2v) is 5.91. The standard InChI is InChI=1S/C20H13ClO3/c21-15-12-10-14(11-13-15)20(23-16-6-2-1-3-7-16)18-9-5-4-8-17(18)19(22)24-20/h1-13H/t20-/m1/s1. The first-order chi connectivity index (χ1) is 11.7. The summed E-state index contributed by atoms with van der Waals surface area (Å²) in [6.45, 7) is 0. The molecule has 4 heteroatoms. The van der Waals surface area contributed by atoms with Crippen molar-refractivity contribution in [2.45, 2.75) is 5.79 Å². The van der Waals surface area contributed by atoms with E-state index in [0.717, 1.165) is 0 Å². The Labute approximate surface area is 144 Å². The molecule has 0 aliphatic carbocycles. The lowest BCUT2D eigenvalue weighted by atomic mass is 9.95. The SMILES string of the molecule is O=C1O[C@](Oc2ccccc2)(c2ccc(Cl)cc2)c2ccccc21. The van der Waals surface area contributed by atoms with Crippen LogP contribution in [0.4, 0.5) is 0 Å². The minimum Gasteiger partial charge on any atom is -0.444 e. The molecule has 0 bridgehead atoms. The third-order valence-corrected chi connectivity index (χ3v) is 4.22. The third-order valence-electron chi connectivity index (χ3n) is 3.97. The van der Waals surface area contributed by atoms with Crippen molar-refractivity contribution >= 4 is 17.6 Å². The summed E-state index contributed by atoms with van der Waals surface area (Å²) in [6.07, 6.45) is 0. The fraction of sp³-hybridized carbons (Fsp3) is 0.0500. The molecule has 1 aliphatic heterocycles. The number of ether oxygens (including phenoxy) is 2. The summed E-state index contributed by atoms with van der Waals surface area (Å²) in [6, 6.07) is 23.7. The number of cyclic esters (lactones) is 1. The van der Waals surface area contributed by atoms with Gasteiger partial charge in [-0.1, -0.05) is 41.9 Å². The molecule has 3 aromatic carbocycles. The maximum Gasteiger partial charge on any atom is 0.342 e. The first-order valence-electron chi connectivity index (χ1n) is 7.52. The Balaban J connectivity index is 1.91. The number of benzene rings is 3. The maximum absolute atomic E-state index is 12.4. The minimum absolute atomic E-state index is 0.406. The molecule has 0 saturated heterocycles. The molecule has 0 radical (unpaired) electrons. The lowest BCUT2D eigenvalue weighted by molar-refractivity contribution is -0.108. The predicted octanol–water partition coefficient (Wildman–Crippen LogP) is 4.79. The average Bonchev–Trinajstić information content (AvgIpc) is 2.90. The molecular weight excluding hydrogens is 324 g/mol. The lowest BCUT2D eigenvalue weighted by Gasteiger charge is -2.30. The number of carbonyl (C=O) groups excluding carboxylic acids is 1. The van der Waals surface area contributed by atoms with Crippen LogP contribution in [0.25, 0.3) is 0 Å². The number of rotatable bonds is 3. The van der Waals surface area contributed by atoms with E-state index in [0.29, 0.717) is 27.5 Å². The van der Waals surface area contributed by atoms with E-state index in [1.54, 1.807) is 36.4 Å². The van der Waals surface area contributed by atoms with Crippen molar-refractivity contribution in [2.75, 3.05) is 0 Å². The van der Waals surface area contributed by atoms with Crippen LogP contribution in [0.3, 0.4) is 0 Å². The molecule has 118 valence electrons. The Morgan fingerprint density at radius 3 is 2.25 bits per heavy atom. The summed E-state index contributed by atoms with van der Waals surface area (Å²) in [4.78, 5) is 12.4. The number of hydrogen-bond acceptors (Lipinski definition) is 3. The summed E-state index contributed by atoms with van der Waals surface area (Å²) >= 11 is 6.00. The summed E-state index contributed by atoms with van der Waals surface area (Å²) < 4.78 is 11.9. The van der Waals surface area contributed by atoms with Crippen molar-refractivity contribution in [1.29, 1.82) is 0 Å². The Kier molecular flexibility index (Phi) is 3.51. The van der Waals surface area contributed by atoms with Crippen molar-refractivity contribution in [3.63, 3.8) is 0 Å². The average molecular weight is 337 g/mol. The van der Waals surface area contributed by atoms with E-state index in [9.17, 15) is 4.79 Å². The van der Waals surface area contributed by atoms with Crippen molar-refractivity contribution in [1.82, 2.24) is 0 Å². The number of fused-ring (bicyclic) bond motifs is 1. The van der Waals surface area contributed by atoms with Gasteiger partial charge in [-0.05, 0) is 48.5 Å². The second-order valence-electron chi connectivity index (χ2n) is 5.47. The number of hydrogen-bond donors (Lipinski definition) is 0. The van der Waals surface area contributed by atoms with Gasteiger partial charge >= 0.3 is 11.8 Å². The topological polar surface area (TPSA) is 35.5 Å². The number of para-hydroxylation sites is 1. The number of halogens is 1. The van der Waals surface area contributed by atoms with Crippen molar-refractivity contribution in [3.8, 4) is 5.75 Å². The molecule has 4 rings (SSSR count). The molecule has 0 fully saturated rings. The highest BCUT2D eigenvalue weighted by atomic mass is 35.5. The van der Waals surface area contributed by atoms with Crippen LogP contribution < -0.4 is 4.74 Å². The van der Waals surface area contributed by atoms with E-state index in [1.165, 1.54) is 0 Å². The van der Waals surface area contributed by atoms with Crippen LogP contribution in [0.2, 0.25) is 5.02 Å². The fourth-order valence-corrected chi connectivity index (χ4v) is 2.99. The Bertz CT molecular complexity index is 890. The van der Waals surface area contributed by atoms with E-state index in [4.69, 9.17) is 21.1 Å². The molecule has 3 aromatic rings. The van der Waals surface area contributed by atoms with Gasteiger partial charge < -0.3 is 9.47 Å². The fourth-order valence-electron chi connectivity index (χ4n) is 2.86. The highest BCUT2D eigenvalue weighted by Crippen LogP contribution is 2.43. The van der Waals surface area contributed by atoms with Gasteiger partial charge in [-0.15, -0.1) is 0 Å². The first kappa shape index (κ1) is 14.8. The molecule has 0 amide bonds. The molecule has 24 heavy (non-hydrogen) atoms. The monoisotopic (exact) mass is 336 g/mol. The highest BCUT2D eigenvalue weighted by molar-refractivity contribution is 6.30. The minimum atomic E-state index is -1.32. The van der Waals surface area contributed by atoms with Gasteiger partial charge in [0.1, 0.15) is 5.75 Å². The quantitative estimate of drug-likeness (QED) is 0.645. The van der Waals surface area contributed by atoms with Gasteiger partial charge in [-0.3, -0.25) is 0 Å². The summed E-state index contributed by atoms with van der Waals surface area (Å²) in [5.41, 5.74) is 1.89. The Morgan fingerprint density at radius 2 is 1.50 bits per heavy atom. The van der Waals surface area contributed by atoms with Crippen LogP contribution in [0.15, 0.2) is 78.9 Å². The maximum atomic E-state index is 12.4. The van der Waals surface area contributed by atoms with Gasteiger partial charge in [0.15, 0.2) is 0 Å². The normalized spacial score (nSPS) is 18.8. The van der Waals surface area contributed by atoms with Gasteiger partial charge in [0.25, 0.3) is 0 Å². The second kappa shape index (κ2) is 5.69. The molecule has 1 atom stereocenters. The van der Waals surface area contributed by atoms with Gasteiger partial charge in [0, 0.05) is 10.6 Å². The predicted molar refractivity (Wildman–Crippen MR) is 91.2 cm³/mol. The molecule has 1 aliphatic rings. The zero-order valence-electron chi connectivity index (χ0n) is 12.6. The van der Waals surface area contributed by atoms with Gasteiger partial charge in [-0.25, -0.2) is 4.79 Å². The first-order valence-corrected chi connectivity index (χ1v) is 7.90. The van der Waals surface area contributed by atoms with Crippen molar-refractivity contribution < 1.29 is 14.3 Å². The Morgan fingerprint density at radius 1 is 0.833 bits per heavy atom. The van der Waals surface area contributed by atoms with Crippen LogP contribution in [-0.4, -0.2) is 5.97 Å². The van der Waals surface area contributed by atoms with Crippen LogP contribution >= 0.6 is 11.6 Å². The molecule has 0 N–H and O–H groups in total.